The fraction of sp³-hybridized carbons (Fsp3) is 0.276. The predicted octanol–water partition coefficient (Wildman–Crippen LogP) is 16.0. The third-order valence-electron chi connectivity index (χ3n) is 11.5. The second-order valence-electron chi connectivity index (χ2n) is 19.0. The summed E-state index contributed by atoms with van der Waals surface area (Å²) >= 11 is 0. The van der Waals surface area contributed by atoms with E-state index in [9.17, 15) is 0 Å². The van der Waals surface area contributed by atoms with E-state index in [-0.39, 0.29) is 43.1 Å². The van der Waals surface area contributed by atoms with Gasteiger partial charge in [0.2, 0.25) is 0 Å². The first-order valence-electron chi connectivity index (χ1n) is 25.5. The van der Waals surface area contributed by atoms with E-state index in [1.165, 1.54) is 22.5 Å². The van der Waals surface area contributed by atoms with Crippen LogP contribution in [0.15, 0.2) is 126 Å². The van der Waals surface area contributed by atoms with Gasteiger partial charge in [0.25, 0.3) is 0 Å². The van der Waals surface area contributed by atoms with E-state index in [0.29, 0.717) is 22.4 Å². The van der Waals surface area contributed by atoms with Crippen molar-refractivity contribution in [2.75, 3.05) is 0 Å². The van der Waals surface area contributed by atoms with Crippen LogP contribution >= 0.6 is 0 Å². The third kappa shape index (κ3) is 9.53. The second-order valence-corrected chi connectivity index (χ2v) is 24.1. The summed E-state index contributed by atoms with van der Waals surface area (Å²) < 4.78 is 72.8. The van der Waals surface area contributed by atoms with Crippen molar-refractivity contribution in [2.24, 2.45) is 5.41 Å². The van der Waals surface area contributed by atoms with Gasteiger partial charge in [0.1, 0.15) is 5.58 Å². The summed E-state index contributed by atoms with van der Waals surface area (Å²) in [5.41, 5.74) is 7.64. The van der Waals surface area contributed by atoms with Gasteiger partial charge in [-0.3, -0.25) is 0 Å². The molecule has 3 aromatic heterocycles. The molecule has 3 heterocycles. The average molecular weight is 1030 g/mol. The predicted molar refractivity (Wildman–Crippen MR) is 269 cm³/mol. The van der Waals surface area contributed by atoms with Gasteiger partial charge < -0.3 is 14.4 Å². The molecule has 0 bridgehead atoms. The van der Waals surface area contributed by atoms with Crippen molar-refractivity contribution in [1.29, 1.82) is 0 Å². The maximum absolute atomic E-state index is 8.85. The van der Waals surface area contributed by atoms with E-state index in [0.717, 1.165) is 60.3 Å². The molecule has 0 aliphatic heterocycles. The molecule has 0 N–H and O–H groups in total. The van der Waals surface area contributed by atoms with Crippen LogP contribution in [-0.4, -0.2) is 18.0 Å². The Labute approximate surface area is 401 Å². The van der Waals surface area contributed by atoms with Crippen molar-refractivity contribution in [3.63, 3.8) is 0 Å². The molecule has 0 amide bonds. The number of hydrogen-bond donors (Lipinski definition) is 0. The fourth-order valence-corrected chi connectivity index (χ4v) is 9.43. The molecule has 0 aliphatic carbocycles. The van der Waals surface area contributed by atoms with Crippen molar-refractivity contribution in [2.45, 2.75) is 100 Å². The summed E-state index contributed by atoms with van der Waals surface area (Å²) in [4.78, 5) is 9.09. The molecule has 6 aromatic carbocycles. The number of rotatable bonds is 7. The van der Waals surface area contributed by atoms with Gasteiger partial charge in [-0.05, 0) is 104 Å². The number of aromatic nitrogens is 2. The van der Waals surface area contributed by atoms with Gasteiger partial charge in [0.05, 0.1) is 13.7 Å². The second kappa shape index (κ2) is 18.1. The number of benzene rings is 6. The first-order chi connectivity index (χ1) is 32.7. The first kappa shape index (κ1) is 36.2. The van der Waals surface area contributed by atoms with Crippen LogP contribution in [0.5, 0.6) is 0 Å². The molecule has 0 unspecified atom stereocenters. The molecule has 0 saturated heterocycles. The molecule has 323 valence electrons. The maximum Gasteiger partial charge on any atom is 0.121 e. The van der Waals surface area contributed by atoms with E-state index in [4.69, 9.17) is 15.4 Å². The van der Waals surface area contributed by atoms with Crippen LogP contribution < -0.4 is 5.19 Å². The summed E-state index contributed by atoms with van der Waals surface area (Å²) in [6.07, 6.45) is 1.21. The Morgan fingerprint density at radius 3 is 2.14 bits per heavy atom. The van der Waals surface area contributed by atoms with E-state index in [2.05, 4.69) is 136 Å². The molecular formula is C58H60IrN2OSi-2. The molecule has 9 aromatic rings. The Kier molecular flexibility index (Phi) is 10.4. The third-order valence-corrected chi connectivity index (χ3v) is 13.5. The first-order valence-corrected chi connectivity index (χ1v) is 25.0. The monoisotopic (exact) mass is 1030 g/mol. The number of pyridine rings is 2. The fourth-order valence-electron chi connectivity index (χ4n) is 8.28. The molecule has 0 saturated carbocycles. The van der Waals surface area contributed by atoms with Gasteiger partial charge in [-0.15, -0.1) is 47.5 Å². The Bertz CT molecular complexity index is 3410. The quantitative estimate of drug-likeness (QED) is 0.0907. The zero-order valence-corrected chi connectivity index (χ0v) is 41.2. The Morgan fingerprint density at radius 1 is 0.714 bits per heavy atom. The van der Waals surface area contributed by atoms with E-state index in [1.54, 1.807) is 39.0 Å². The summed E-state index contributed by atoms with van der Waals surface area (Å²) in [7, 11) is -1.51. The smallest absolute Gasteiger partial charge is 0.121 e. The summed E-state index contributed by atoms with van der Waals surface area (Å²) in [5, 5.41) is 7.69. The molecule has 0 spiro atoms. The minimum atomic E-state index is -2.50. The van der Waals surface area contributed by atoms with Crippen LogP contribution in [0.1, 0.15) is 99.1 Å². The van der Waals surface area contributed by atoms with Gasteiger partial charge in [-0.1, -0.05) is 169 Å². The van der Waals surface area contributed by atoms with Crippen LogP contribution in [0.25, 0.3) is 77.1 Å². The van der Waals surface area contributed by atoms with Gasteiger partial charge in [0, 0.05) is 48.9 Å². The molecule has 0 atom stereocenters. The average Bonchev–Trinajstić information content (AvgIpc) is 3.67. The zero-order chi connectivity index (χ0) is 50.9. The van der Waals surface area contributed by atoms with Crippen LogP contribution in [0.3, 0.4) is 0 Å². The van der Waals surface area contributed by atoms with Crippen molar-refractivity contribution in [3.05, 3.63) is 162 Å². The minimum Gasteiger partial charge on any atom is -0.501 e. The standard InChI is InChI=1S/C31H26NO.C27H34NSi.Ir/c1-19-18-32-28(15-22(19)17-31(2,3)4)25-11-7-10-24-27-14-21-13-12-20-8-5-6-9-23(20)26(21)16-29(27)33-30(24)25;1-18(2)23-10-9-11-24(19(3)4)27(23)25-16-21(13-12-20(25)5)26-17-22(14-15-28-26)29(6,7)8;/h5-10,12-16,18H,17H2,1-4H3;9-12,14-19H,1-8H3;/q2*-1;/i1D3,17D2;5D3;. The number of hydrogen-bond acceptors (Lipinski definition) is 3. The van der Waals surface area contributed by atoms with Crippen LogP contribution in [0, 0.1) is 31.3 Å². The molecule has 0 aliphatic rings. The number of furan rings is 1. The Hall–Kier alpha value is -5.19. The van der Waals surface area contributed by atoms with Gasteiger partial charge >= 0.3 is 0 Å². The maximum atomic E-state index is 8.85. The van der Waals surface area contributed by atoms with Crippen LogP contribution in [0.4, 0.5) is 0 Å². The largest absolute Gasteiger partial charge is 0.501 e. The van der Waals surface area contributed by atoms with Gasteiger partial charge in [-0.25, -0.2) is 0 Å². The number of nitrogens with zero attached hydrogens (tertiary/aromatic N) is 2. The van der Waals surface area contributed by atoms with Crippen molar-refractivity contribution in [1.82, 2.24) is 9.97 Å². The molecule has 5 heteroatoms. The molecule has 9 rings (SSSR count). The van der Waals surface area contributed by atoms with E-state index < -0.39 is 33.6 Å². The SMILES string of the molecule is [2H]C([2H])([2H])c1c[c-]c(-c2cc([Si](C)(C)C)ccn2)cc1-c1c(C(C)C)cccc1C(C)C.[2H]C([2H])([2H])c1cnc(-c2[c-]ccc3c2oc2cc4c(ccc5ccccc54)cc23)cc1C([2H])([2H])C(C)(C)C.[Ir]. The molecule has 63 heavy (non-hydrogen) atoms. The number of aryl methyl sites for hydroxylation is 2. The van der Waals surface area contributed by atoms with E-state index in [1.807, 2.05) is 30.5 Å². The molecular weight excluding hydrogens is 961 g/mol. The summed E-state index contributed by atoms with van der Waals surface area (Å²) in [5.74, 6) is 0.545. The van der Waals surface area contributed by atoms with Crippen molar-refractivity contribution < 1.29 is 35.5 Å². The molecule has 1 radical (unpaired) electrons. The van der Waals surface area contributed by atoms with Gasteiger partial charge in [0.15, 0.2) is 0 Å². The normalized spacial score (nSPS) is 14.5. The molecule has 3 nitrogen and oxygen atoms in total. The van der Waals surface area contributed by atoms with Crippen LogP contribution in [-0.2, 0) is 26.5 Å². The molecule has 0 fully saturated rings. The summed E-state index contributed by atoms with van der Waals surface area (Å²) in [6, 6.07) is 42.6. The van der Waals surface area contributed by atoms with Crippen molar-refractivity contribution in [3.8, 4) is 33.6 Å². The van der Waals surface area contributed by atoms with Gasteiger partial charge in [-0.2, -0.15) is 0 Å². The van der Waals surface area contributed by atoms with Crippen LogP contribution in [0.2, 0.25) is 19.6 Å². The Balaban J connectivity index is 0.000000209. The number of fused-ring (bicyclic) bond motifs is 6. The van der Waals surface area contributed by atoms with Crippen molar-refractivity contribution >= 4 is 56.7 Å². The minimum absolute atomic E-state index is 0. The summed E-state index contributed by atoms with van der Waals surface area (Å²) in [6.45, 7) is 16.1. The van der Waals surface area contributed by atoms with E-state index >= 15 is 0 Å². The Morgan fingerprint density at radius 2 is 1.44 bits per heavy atom. The zero-order valence-electron chi connectivity index (χ0n) is 45.8. The topological polar surface area (TPSA) is 38.9 Å².